The lowest BCUT2D eigenvalue weighted by Crippen LogP contribution is -2.28. The Kier molecular flexibility index (Phi) is 9.61. The number of alkyl halides is 3. The van der Waals surface area contributed by atoms with Gasteiger partial charge in [-0.05, 0) is 48.6 Å². The molecule has 0 bridgehead atoms. The number of amidine groups is 1. The number of ether oxygens (including phenoxy) is 1. The Bertz CT molecular complexity index is 1610. The molecule has 41 heavy (non-hydrogen) atoms. The number of carbonyl (C=O) groups excluding carboxylic acids is 1. The molecule has 1 aromatic heterocycles. The van der Waals surface area contributed by atoms with Crippen molar-refractivity contribution in [2.45, 2.75) is 27.1 Å². The molecule has 0 aliphatic carbocycles. The Hall–Kier alpha value is -3.76. The Morgan fingerprint density at radius 2 is 1.90 bits per heavy atom. The highest BCUT2D eigenvalue weighted by molar-refractivity contribution is 8.01. The second-order valence-corrected chi connectivity index (χ2v) is 12.5. The maximum absolute atomic E-state index is 13.6. The number of benzene rings is 2. The van der Waals surface area contributed by atoms with Crippen LogP contribution in [0.3, 0.4) is 0 Å². The third kappa shape index (κ3) is 6.94. The summed E-state index contributed by atoms with van der Waals surface area (Å²) < 4.78 is 64.9. The molecular weight excluding hydrogens is 605 g/mol. The second-order valence-electron chi connectivity index (χ2n) is 8.44. The monoisotopic (exact) mass is 630 g/mol. The van der Waals surface area contributed by atoms with Crippen LogP contribution in [0.1, 0.15) is 10.4 Å². The third-order valence-electron chi connectivity index (χ3n) is 5.75. The van der Waals surface area contributed by atoms with Crippen LogP contribution in [0.15, 0.2) is 56.5 Å². The van der Waals surface area contributed by atoms with Gasteiger partial charge in [0.25, 0.3) is 0 Å². The quantitative estimate of drug-likeness (QED) is 0.165. The number of hydrogen-bond acceptors (Lipinski definition) is 8. The van der Waals surface area contributed by atoms with Gasteiger partial charge in [0.05, 0.1) is 31.7 Å². The van der Waals surface area contributed by atoms with Crippen LogP contribution in [0.5, 0.6) is 5.75 Å². The van der Waals surface area contributed by atoms with Gasteiger partial charge in [0.2, 0.25) is 9.84 Å². The topological polar surface area (TPSA) is 163 Å². The van der Waals surface area contributed by atoms with E-state index in [9.17, 15) is 26.4 Å². The highest BCUT2D eigenvalue weighted by atomic mass is 32.2. The van der Waals surface area contributed by atoms with Gasteiger partial charge in [-0.15, -0.1) is 23.1 Å². The van der Waals surface area contributed by atoms with E-state index in [4.69, 9.17) is 25.8 Å². The number of thiophene rings is 1. The predicted octanol–water partition coefficient (Wildman–Crippen LogP) is 4.73. The number of carboxylic acids is 1. The van der Waals surface area contributed by atoms with E-state index in [1.54, 1.807) is 42.5 Å². The third-order valence-corrected chi connectivity index (χ3v) is 10.1. The van der Waals surface area contributed by atoms with Gasteiger partial charge in [-0.25, -0.2) is 18.0 Å². The van der Waals surface area contributed by atoms with Gasteiger partial charge in [-0.2, -0.15) is 13.2 Å². The summed E-state index contributed by atoms with van der Waals surface area (Å²) in [6.07, 6.45) is -3.29. The summed E-state index contributed by atoms with van der Waals surface area (Å²) in [5.41, 5.74) is 8.53. The maximum atomic E-state index is 13.6. The summed E-state index contributed by atoms with van der Waals surface area (Å²) >= 11 is 2.49. The van der Waals surface area contributed by atoms with Crippen LogP contribution in [0.2, 0.25) is 0 Å². The molecule has 1 aliphatic rings. The number of nitrogens with zero attached hydrogens (tertiary/aromatic N) is 1. The van der Waals surface area contributed by atoms with E-state index in [1.165, 1.54) is 29.2 Å². The normalized spacial score (nSPS) is 13.3. The average molecular weight is 631 g/mol. The van der Waals surface area contributed by atoms with Crippen molar-refractivity contribution in [2.24, 2.45) is 5.73 Å². The molecule has 2 aromatic carbocycles. The smallest absolute Gasteiger partial charge is 0.490 e. The first-order chi connectivity index (χ1) is 19.1. The van der Waals surface area contributed by atoms with Gasteiger partial charge < -0.3 is 20.9 Å². The minimum absolute atomic E-state index is 0.125. The highest BCUT2D eigenvalue weighted by Gasteiger charge is 2.38. The minimum atomic E-state index is -5.08. The van der Waals surface area contributed by atoms with E-state index < -0.39 is 22.0 Å². The van der Waals surface area contributed by atoms with Crippen LogP contribution in [0.25, 0.3) is 11.1 Å². The molecule has 1 fully saturated rings. The Labute approximate surface area is 241 Å². The molecule has 16 heteroatoms. The average Bonchev–Trinajstić information content (AvgIpc) is 3.55. The Morgan fingerprint density at radius 1 is 1.24 bits per heavy atom. The van der Waals surface area contributed by atoms with E-state index in [0.717, 1.165) is 11.1 Å². The predicted molar refractivity (Wildman–Crippen MR) is 150 cm³/mol. The number of aryl methyl sites for hydroxylation is 1. The van der Waals surface area contributed by atoms with Crippen molar-refractivity contribution in [2.75, 3.05) is 31.4 Å². The van der Waals surface area contributed by atoms with Crippen LogP contribution in [0, 0.1) is 12.3 Å². The summed E-state index contributed by atoms with van der Waals surface area (Å²) in [6.45, 7) is 2.92. The zero-order valence-electron chi connectivity index (χ0n) is 21.8. The van der Waals surface area contributed by atoms with Gasteiger partial charge in [-0.1, -0.05) is 12.1 Å². The number of rotatable bonds is 7. The van der Waals surface area contributed by atoms with Crippen molar-refractivity contribution in [1.82, 2.24) is 5.32 Å². The lowest BCUT2D eigenvalue weighted by Gasteiger charge is -2.22. The molecule has 10 nitrogen and oxygen atoms in total. The molecule has 1 aliphatic heterocycles. The number of hydrogen-bond donors (Lipinski definition) is 4. The fourth-order valence-corrected chi connectivity index (χ4v) is 7.81. The van der Waals surface area contributed by atoms with Gasteiger partial charge in [-0.3, -0.25) is 10.3 Å². The number of halogens is 3. The summed E-state index contributed by atoms with van der Waals surface area (Å²) in [5.74, 6) is -2.32. The second kappa shape index (κ2) is 12.4. The van der Waals surface area contributed by atoms with E-state index in [1.807, 2.05) is 19.1 Å². The first kappa shape index (κ1) is 31.8. The molecule has 1 saturated heterocycles. The summed E-state index contributed by atoms with van der Waals surface area (Å²) in [4.78, 5) is 23.7. The standard InChI is InChI=1S/C23H24N4O4S3.C2HF3O2/c1-13-9-15(31-2)11-17(27-8-7-26-23(27)28)20(13)14-5-4-6-16(10-14)34(29,30)19-12-18(21(24)25)33-22(19)32-3;3-2(4,5)1(6)7/h4-6,9-12H,7-8H2,1-3H3,(H3,24,25)(H,26,28);(H,6,7). The molecular formula is C25H25F3N4O6S3. The molecule has 2 heterocycles. The number of nitrogens with two attached hydrogens (primary N) is 1. The van der Waals surface area contributed by atoms with Crippen molar-refractivity contribution >= 4 is 56.5 Å². The summed E-state index contributed by atoms with van der Waals surface area (Å²) in [5, 5.41) is 17.6. The number of amides is 2. The molecule has 0 unspecified atom stereocenters. The Morgan fingerprint density at radius 3 is 2.41 bits per heavy atom. The SMILES string of the molecule is COc1cc(C)c(-c2cccc(S(=O)(=O)c3cc(C(=N)N)sc3SC)c2)c(N2CCNC2=O)c1.O=C(O)C(F)(F)F. The first-order valence-corrected chi connectivity index (χ1v) is 15.1. The molecule has 0 radical (unpaired) electrons. The zero-order valence-corrected chi connectivity index (χ0v) is 24.3. The number of methoxy groups -OCH3 is 1. The fourth-order valence-electron chi connectivity index (χ4n) is 3.91. The van der Waals surface area contributed by atoms with Crippen molar-refractivity contribution in [3.8, 4) is 16.9 Å². The summed E-state index contributed by atoms with van der Waals surface area (Å²) in [6, 6.07) is 11.6. The largest absolute Gasteiger partial charge is 0.497 e. The molecule has 4 rings (SSSR count). The number of anilines is 1. The lowest BCUT2D eigenvalue weighted by atomic mass is 9.97. The minimum Gasteiger partial charge on any atom is -0.497 e. The van der Waals surface area contributed by atoms with Gasteiger partial charge >= 0.3 is 18.2 Å². The van der Waals surface area contributed by atoms with Crippen LogP contribution in [-0.2, 0) is 14.6 Å². The van der Waals surface area contributed by atoms with E-state index in [2.05, 4.69) is 5.32 Å². The molecule has 5 N–H and O–H groups in total. The van der Waals surface area contributed by atoms with Crippen LogP contribution in [0.4, 0.5) is 23.7 Å². The number of carbonyl (C=O) groups is 2. The molecule has 3 aromatic rings. The van der Waals surface area contributed by atoms with Crippen molar-refractivity contribution in [1.29, 1.82) is 5.41 Å². The number of carboxylic acid groups (broad SMARTS) is 1. The molecule has 0 saturated carbocycles. The van der Waals surface area contributed by atoms with Crippen LogP contribution in [-0.4, -0.2) is 64.0 Å². The van der Waals surface area contributed by atoms with Crippen molar-refractivity contribution < 1.29 is 41.0 Å². The number of sulfone groups is 1. The van der Waals surface area contributed by atoms with Crippen LogP contribution >= 0.6 is 23.1 Å². The number of nitrogens with one attached hydrogen (secondary N) is 2. The van der Waals surface area contributed by atoms with E-state index >= 15 is 0 Å². The first-order valence-electron chi connectivity index (χ1n) is 11.5. The number of urea groups is 1. The highest BCUT2D eigenvalue weighted by Crippen LogP contribution is 2.41. The molecule has 0 atom stereocenters. The lowest BCUT2D eigenvalue weighted by molar-refractivity contribution is -0.192. The molecule has 2 amide bonds. The Balaban J connectivity index is 0.000000587. The molecule has 220 valence electrons. The van der Waals surface area contributed by atoms with Gasteiger partial charge in [0, 0.05) is 24.7 Å². The fraction of sp³-hybridized carbons (Fsp3) is 0.240. The van der Waals surface area contributed by atoms with Crippen molar-refractivity contribution in [3.05, 3.63) is 52.9 Å². The summed E-state index contributed by atoms with van der Waals surface area (Å²) in [7, 11) is -2.31. The molecule has 0 spiro atoms. The van der Waals surface area contributed by atoms with E-state index in [-0.39, 0.29) is 21.7 Å². The van der Waals surface area contributed by atoms with Crippen LogP contribution < -0.4 is 20.7 Å². The van der Waals surface area contributed by atoms with Gasteiger partial charge in [0.15, 0.2) is 0 Å². The van der Waals surface area contributed by atoms with Gasteiger partial charge in [0.1, 0.15) is 11.6 Å². The number of nitrogen functional groups attached to an aromatic ring is 1. The zero-order chi connectivity index (χ0) is 30.7. The number of aliphatic carboxylic acids is 1. The number of thioether (sulfide) groups is 1. The van der Waals surface area contributed by atoms with Crippen molar-refractivity contribution in [3.63, 3.8) is 0 Å². The van der Waals surface area contributed by atoms with E-state index in [0.29, 0.717) is 39.2 Å². The maximum Gasteiger partial charge on any atom is 0.490 e.